The molecule has 0 spiro atoms. The van der Waals surface area contributed by atoms with Crippen LogP contribution < -0.4 is 10.5 Å². The molecular formula is C21H34F4N2O5S. The summed E-state index contributed by atoms with van der Waals surface area (Å²) >= 11 is 0. The highest BCUT2D eigenvalue weighted by molar-refractivity contribution is 7.89. The molecule has 3 aliphatic carbocycles. The Morgan fingerprint density at radius 2 is 1.70 bits per heavy atom. The summed E-state index contributed by atoms with van der Waals surface area (Å²) in [7, 11) is -2.32. The fourth-order valence-corrected chi connectivity index (χ4v) is 6.44. The van der Waals surface area contributed by atoms with Gasteiger partial charge in [0.15, 0.2) is 0 Å². The lowest BCUT2D eigenvalue weighted by Crippen LogP contribution is -2.51. The third kappa shape index (κ3) is 7.02. The topological polar surface area (TPSA) is 108 Å². The van der Waals surface area contributed by atoms with Crippen molar-refractivity contribution >= 4 is 15.9 Å². The molecule has 3 rings (SSSR count). The van der Waals surface area contributed by atoms with Gasteiger partial charge in [-0.2, -0.15) is 13.2 Å². The molecule has 8 unspecified atom stereocenters. The van der Waals surface area contributed by atoms with Crippen molar-refractivity contribution in [3.8, 4) is 0 Å². The Balaban J connectivity index is 1.70. The van der Waals surface area contributed by atoms with E-state index in [2.05, 4.69) is 5.32 Å². The molecular weight excluding hydrogens is 468 g/mol. The van der Waals surface area contributed by atoms with Crippen molar-refractivity contribution < 1.29 is 40.2 Å². The Morgan fingerprint density at radius 3 is 2.33 bits per heavy atom. The summed E-state index contributed by atoms with van der Waals surface area (Å²) in [6.45, 7) is 0. The summed E-state index contributed by atoms with van der Waals surface area (Å²) in [5.41, 5.74) is 0. The summed E-state index contributed by atoms with van der Waals surface area (Å²) in [6, 6.07) is -0.413. The molecule has 1 amide bonds. The molecule has 3 saturated carbocycles. The van der Waals surface area contributed by atoms with Gasteiger partial charge in [0.25, 0.3) is 0 Å². The smallest absolute Gasteiger partial charge is 0.379 e. The highest BCUT2D eigenvalue weighted by Crippen LogP contribution is 2.42. The van der Waals surface area contributed by atoms with Gasteiger partial charge in [-0.25, -0.2) is 17.9 Å². The van der Waals surface area contributed by atoms with Crippen molar-refractivity contribution in [2.24, 2.45) is 17.0 Å². The number of ether oxygens (including phenoxy) is 2. The minimum Gasteiger partial charge on any atom is -0.379 e. The first kappa shape index (κ1) is 26.6. The predicted octanol–water partition coefficient (Wildman–Crippen LogP) is 2.97. The molecule has 0 aliphatic heterocycles. The molecule has 192 valence electrons. The third-order valence-electron chi connectivity index (χ3n) is 7.35. The number of halogens is 4. The number of alkyl halides is 4. The van der Waals surface area contributed by atoms with E-state index in [1.807, 2.05) is 0 Å². The summed E-state index contributed by atoms with van der Waals surface area (Å²) < 4.78 is 88.9. The van der Waals surface area contributed by atoms with E-state index >= 15 is 0 Å². The maximum Gasteiger partial charge on any atom is 0.391 e. The predicted molar refractivity (Wildman–Crippen MR) is 112 cm³/mol. The number of nitrogens with one attached hydrogen (secondary N) is 1. The number of sulfonamides is 1. The van der Waals surface area contributed by atoms with E-state index in [-0.39, 0.29) is 38.5 Å². The minimum absolute atomic E-state index is 0.00210. The number of nitrogens with two attached hydrogens (primary N) is 1. The molecule has 0 bridgehead atoms. The lowest BCUT2D eigenvalue weighted by molar-refractivity contribution is -0.209. The van der Waals surface area contributed by atoms with E-state index in [4.69, 9.17) is 14.6 Å². The quantitative estimate of drug-likeness (QED) is 0.543. The molecule has 0 aromatic carbocycles. The average molecular weight is 503 g/mol. The van der Waals surface area contributed by atoms with Crippen LogP contribution in [0.1, 0.15) is 64.2 Å². The molecule has 3 N–H and O–H groups in total. The van der Waals surface area contributed by atoms with E-state index in [0.717, 1.165) is 0 Å². The van der Waals surface area contributed by atoms with Gasteiger partial charge in [-0.1, -0.05) is 6.42 Å². The fourth-order valence-electron chi connectivity index (χ4n) is 5.44. The van der Waals surface area contributed by atoms with Gasteiger partial charge in [0, 0.05) is 19.6 Å². The summed E-state index contributed by atoms with van der Waals surface area (Å²) in [4.78, 5) is 13.1. The molecule has 3 fully saturated rings. The highest BCUT2D eigenvalue weighted by Gasteiger charge is 2.48. The molecule has 7 nitrogen and oxygen atoms in total. The summed E-state index contributed by atoms with van der Waals surface area (Å²) in [6.07, 6.45) is -5.75. The maximum absolute atomic E-state index is 13.8. The Morgan fingerprint density at radius 1 is 0.970 bits per heavy atom. The molecule has 0 saturated heterocycles. The molecule has 0 aromatic rings. The number of rotatable bonds is 6. The Hall–Kier alpha value is -0.980. The Labute approximate surface area is 192 Å². The second kappa shape index (κ2) is 10.7. The molecule has 12 heteroatoms. The lowest BCUT2D eigenvalue weighted by atomic mass is 9.78. The zero-order valence-electron chi connectivity index (χ0n) is 18.7. The number of hydrogen-bond acceptors (Lipinski definition) is 5. The van der Waals surface area contributed by atoms with Crippen LogP contribution in [0.3, 0.4) is 0 Å². The SMILES string of the molecule is COC1CC(F)CCC1OC1CC(C(F)(F)F)CCC1C(=O)NC1CCCC(S(N)(=O)=O)C1. The number of carbonyl (C=O) groups excluding carboxylic acids is 1. The zero-order chi connectivity index (χ0) is 24.4. The first-order chi connectivity index (χ1) is 15.4. The molecule has 3 aliphatic rings. The van der Waals surface area contributed by atoms with Crippen molar-refractivity contribution in [2.75, 3.05) is 7.11 Å². The van der Waals surface area contributed by atoms with Crippen LogP contribution in [0.15, 0.2) is 0 Å². The molecule has 0 aromatic heterocycles. The van der Waals surface area contributed by atoms with E-state index in [9.17, 15) is 30.8 Å². The summed E-state index contributed by atoms with van der Waals surface area (Å²) in [5, 5.41) is 7.34. The van der Waals surface area contributed by atoms with Gasteiger partial charge in [0.2, 0.25) is 15.9 Å². The molecule has 0 radical (unpaired) electrons. The van der Waals surface area contributed by atoms with Crippen LogP contribution in [-0.2, 0) is 24.3 Å². The van der Waals surface area contributed by atoms with Gasteiger partial charge < -0.3 is 14.8 Å². The fraction of sp³-hybridized carbons (Fsp3) is 0.952. The number of hydrogen-bond donors (Lipinski definition) is 2. The van der Waals surface area contributed by atoms with Crippen molar-refractivity contribution in [1.29, 1.82) is 0 Å². The van der Waals surface area contributed by atoms with Crippen LogP contribution in [0.4, 0.5) is 17.6 Å². The van der Waals surface area contributed by atoms with Gasteiger partial charge in [0.05, 0.1) is 35.4 Å². The van der Waals surface area contributed by atoms with Crippen LogP contribution in [-0.4, -0.2) is 63.4 Å². The van der Waals surface area contributed by atoms with Crippen molar-refractivity contribution in [3.63, 3.8) is 0 Å². The largest absolute Gasteiger partial charge is 0.391 e. The monoisotopic (exact) mass is 502 g/mol. The van der Waals surface area contributed by atoms with E-state index in [1.54, 1.807) is 0 Å². The van der Waals surface area contributed by atoms with E-state index in [1.165, 1.54) is 7.11 Å². The van der Waals surface area contributed by atoms with Gasteiger partial charge >= 0.3 is 6.18 Å². The Bertz CT molecular complexity index is 781. The second-order valence-electron chi connectivity index (χ2n) is 9.64. The van der Waals surface area contributed by atoms with Crippen LogP contribution in [0, 0.1) is 11.8 Å². The van der Waals surface area contributed by atoms with Crippen LogP contribution >= 0.6 is 0 Å². The first-order valence-corrected chi connectivity index (χ1v) is 13.2. The Kier molecular flexibility index (Phi) is 8.66. The summed E-state index contributed by atoms with van der Waals surface area (Å²) in [5.74, 6) is -2.82. The average Bonchev–Trinajstić information content (AvgIpc) is 2.73. The molecule has 33 heavy (non-hydrogen) atoms. The van der Waals surface area contributed by atoms with Crippen molar-refractivity contribution in [1.82, 2.24) is 5.32 Å². The van der Waals surface area contributed by atoms with Gasteiger partial charge in [-0.15, -0.1) is 0 Å². The maximum atomic E-state index is 13.8. The molecule has 8 atom stereocenters. The van der Waals surface area contributed by atoms with Gasteiger partial charge in [-0.3, -0.25) is 4.79 Å². The van der Waals surface area contributed by atoms with Crippen LogP contribution in [0.25, 0.3) is 0 Å². The number of amides is 1. The second-order valence-corrected chi connectivity index (χ2v) is 11.5. The van der Waals surface area contributed by atoms with Crippen LogP contribution in [0.5, 0.6) is 0 Å². The standard InChI is InChI=1S/C21H34F4N2O5S/c1-31-19-10-13(22)6-8-17(19)32-18-9-12(21(23,24)25)5-7-16(18)20(28)27-14-3-2-4-15(11-14)33(26,29)30/h12-19H,2-11H2,1H3,(H,27,28)(H2,26,29,30). The van der Waals surface area contributed by atoms with Crippen molar-refractivity contribution in [2.45, 2.75) is 106 Å². The lowest BCUT2D eigenvalue weighted by Gasteiger charge is -2.41. The normalized spacial score (nSPS) is 38.6. The van der Waals surface area contributed by atoms with Gasteiger partial charge in [0.1, 0.15) is 6.17 Å². The molecule has 0 heterocycles. The number of methoxy groups -OCH3 is 1. The van der Waals surface area contributed by atoms with E-state index in [0.29, 0.717) is 25.7 Å². The highest BCUT2D eigenvalue weighted by atomic mass is 32.2. The minimum atomic E-state index is -4.40. The number of primary sulfonamides is 1. The third-order valence-corrected chi connectivity index (χ3v) is 8.71. The van der Waals surface area contributed by atoms with Gasteiger partial charge in [-0.05, 0) is 51.4 Å². The zero-order valence-corrected chi connectivity index (χ0v) is 19.5. The van der Waals surface area contributed by atoms with Crippen molar-refractivity contribution in [3.05, 3.63) is 0 Å². The van der Waals surface area contributed by atoms with Crippen LogP contribution in [0.2, 0.25) is 0 Å². The number of carbonyl (C=O) groups is 1. The first-order valence-electron chi connectivity index (χ1n) is 11.6. The van der Waals surface area contributed by atoms with E-state index < -0.39 is 69.7 Å².